The predicted molar refractivity (Wildman–Crippen MR) is 85.2 cm³/mol. The van der Waals surface area contributed by atoms with Gasteiger partial charge in [-0.15, -0.1) is 0 Å². The number of hydrogen-bond donors (Lipinski definition) is 1. The molecule has 0 saturated carbocycles. The molecule has 0 spiro atoms. The molecular weight excluding hydrogens is 294 g/mol. The highest BCUT2D eigenvalue weighted by molar-refractivity contribution is 5.98. The number of carbonyl (C=O) groups excluding carboxylic acids is 2. The second-order valence-corrected chi connectivity index (χ2v) is 5.80. The number of nitrogens with zero attached hydrogens (tertiary/aromatic N) is 4. The molecule has 1 fully saturated rings. The van der Waals surface area contributed by atoms with Crippen molar-refractivity contribution in [3.8, 4) is 5.69 Å². The largest absolute Gasteiger partial charge is 0.345 e. The lowest BCUT2D eigenvalue weighted by Gasteiger charge is -2.14. The number of carbonyl (C=O) groups is 2. The Morgan fingerprint density at radius 1 is 1.30 bits per heavy atom. The zero-order valence-electron chi connectivity index (χ0n) is 13.4. The van der Waals surface area contributed by atoms with Gasteiger partial charge < -0.3 is 10.2 Å². The van der Waals surface area contributed by atoms with Crippen molar-refractivity contribution >= 4 is 17.5 Å². The molecular formula is C16H19N5O2. The summed E-state index contributed by atoms with van der Waals surface area (Å²) in [5.41, 5.74) is 1.42. The smallest absolute Gasteiger partial charge is 0.229 e. The summed E-state index contributed by atoms with van der Waals surface area (Å²) < 4.78 is 1.71. The van der Waals surface area contributed by atoms with Gasteiger partial charge in [0.25, 0.3) is 0 Å². The number of para-hydroxylation sites is 2. The molecule has 0 aliphatic carbocycles. The van der Waals surface area contributed by atoms with E-state index in [1.807, 2.05) is 38.1 Å². The van der Waals surface area contributed by atoms with Crippen molar-refractivity contribution in [2.45, 2.75) is 20.3 Å². The van der Waals surface area contributed by atoms with Crippen LogP contribution < -0.4 is 5.32 Å². The molecule has 23 heavy (non-hydrogen) atoms. The van der Waals surface area contributed by atoms with E-state index < -0.39 is 0 Å². The molecule has 120 valence electrons. The Balaban J connectivity index is 1.85. The van der Waals surface area contributed by atoms with E-state index in [9.17, 15) is 9.59 Å². The van der Waals surface area contributed by atoms with E-state index in [0.29, 0.717) is 18.1 Å². The van der Waals surface area contributed by atoms with E-state index in [1.165, 1.54) is 0 Å². The quantitative estimate of drug-likeness (QED) is 0.926. The lowest BCUT2D eigenvalue weighted by atomic mass is 10.1. The molecule has 7 nitrogen and oxygen atoms in total. The van der Waals surface area contributed by atoms with Crippen molar-refractivity contribution in [1.29, 1.82) is 0 Å². The van der Waals surface area contributed by atoms with Crippen LogP contribution in [0.4, 0.5) is 5.69 Å². The van der Waals surface area contributed by atoms with Gasteiger partial charge in [-0.25, -0.2) is 9.67 Å². The molecule has 3 rings (SSSR count). The third-order valence-electron chi connectivity index (χ3n) is 3.98. The van der Waals surface area contributed by atoms with Crippen molar-refractivity contribution < 1.29 is 9.59 Å². The number of aryl methyl sites for hydroxylation is 2. The fourth-order valence-electron chi connectivity index (χ4n) is 2.79. The summed E-state index contributed by atoms with van der Waals surface area (Å²) in [6.45, 7) is 4.14. The SMILES string of the molecule is Cc1nc(C)n(-c2ccccc2NC(=O)[C@@H]2CC(=O)N(C)C2)n1. The maximum Gasteiger partial charge on any atom is 0.229 e. The average Bonchev–Trinajstić information content (AvgIpc) is 3.02. The van der Waals surface area contributed by atoms with E-state index in [1.54, 1.807) is 16.6 Å². The van der Waals surface area contributed by atoms with Crippen molar-refractivity contribution in [2.24, 2.45) is 5.92 Å². The first-order chi connectivity index (χ1) is 11.0. The van der Waals surface area contributed by atoms with Gasteiger partial charge >= 0.3 is 0 Å². The van der Waals surface area contributed by atoms with Gasteiger partial charge in [-0.1, -0.05) is 12.1 Å². The van der Waals surface area contributed by atoms with Gasteiger partial charge in [-0.2, -0.15) is 5.10 Å². The standard InChI is InChI=1S/C16H19N5O2/c1-10-17-11(2)21(19-10)14-7-5-4-6-13(14)18-16(23)12-8-15(22)20(3)9-12/h4-7,12H,8-9H2,1-3H3,(H,18,23)/t12-/m1/s1. The molecule has 1 saturated heterocycles. The monoisotopic (exact) mass is 313 g/mol. The summed E-state index contributed by atoms with van der Waals surface area (Å²) in [5.74, 6) is 0.955. The Kier molecular flexibility index (Phi) is 3.85. The summed E-state index contributed by atoms with van der Waals surface area (Å²) in [4.78, 5) is 29.9. The van der Waals surface area contributed by atoms with Gasteiger partial charge in [0.1, 0.15) is 11.6 Å². The van der Waals surface area contributed by atoms with Crippen LogP contribution in [0, 0.1) is 19.8 Å². The summed E-state index contributed by atoms with van der Waals surface area (Å²) in [6.07, 6.45) is 0.256. The van der Waals surface area contributed by atoms with Crippen LogP contribution in [0.3, 0.4) is 0 Å². The van der Waals surface area contributed by atoms with Crippen LogP contribution in [0.2, 0.25) is 0 Å². The molecule has 2 aromatic rings. The van der Waals surface area contributed by atoms with Crippen LogP contribution in [0.5, 0.6) is 0 Å². The molecule has 1 aromatic heterocycles. The second-order valence-electron chi connectivity index (χ2n) is 5.80. The minimum atomic E-state index is -0.320. The van der Waals surface area contributed by atoms with Crippen LogP contribution >= 0.6 is 0 Å². The normalized spacial score (nSPS) is 17.6. The van der Waals surface area contributed by atoms with Crippen LogP contribution in [0.1, 0.15) is 18.1 Å². The van der Waals surface area contributed by atoms with Crippen molar-refractivity contribution in [1.82, 2.24) is 19.7 Å². The Hall–Kier alpha value is -2.70. The van der Waals surface area contributed by atoms with Gasteiger partial charge in [-0.05, 0) is 26.0 Å². The molecule has 7 heteroatoms. The van der Waals surface area contributed by atoms with Gasteiger partial charge in [0, 0.05) is 20.0 Å². The number of aromatic nitrogens is 3. The number of likely N-dealkylation sites (tertiary alicyclic amines) is 1. The first kappa shape index (κ1) is 15.2. The molecule has 1 aliphatic rings. The minimum Gasteiger partial charge on any atom is -0.345 e. The number of hydrogen-bond acceptors (Lipinski definition) is 4. The highest BCUT2D eigenvalue weighted by Gasteiger charge is 2.32. The summed E-state index contributed by atoms with van der Waals surface area (Å²) in [6, 6.07) is 7.44. The second kappa shape index (κ2) is 5.83. The molecule has 0 radical (unpaired) electrons. The topological polar surface area (TPSA) is 80.1 Å². The molecule has 2 heterocycles. The number of benzene rings is 1. The lowest BCUT2D eigenvalue weighted by Crippen LogP contribution is -2.26. The van der Waals surface area contributed by atoms with Gasteiger partial charge in [0.15, 0.2) is 0 Å². The number of rotatable bonds is 3. The average molecular weight is 313 g/mol. The molecule has 1 aromatic carbocycles. The summed E-state index contributed by atoms with van der Waals surface area (Å²) in [7, 11) is 1.71. The van der Waals surface area contributed by atoms with E-state index >= 15 is 0 Å². The van der Waals surface area contributed by atoms with Crippen LogP contribution in [0.25, 0.3) is 5.69 Å². The lowest BCUT2D eigenvalue weighted by molar-refractivity contribution is -0.127. The Bertz CT molecular complexity index is 768. The van der Waals surface area contributed by atoms with E-state index in [-0.39, 0.29) is 24.2 Å². The predicted octanol–water partition coefficient (Wildman–Crippen LogP) is 1.30. The van der Waals surface area contributed by atoms with Crippen LogP contribution in [-0.2, 0) is 9.59 Å². The molecule has 0 bridgehead atoms. The molecule has 2 amide bonds. The first-order valence-corrected chi connectivity index (χ1v) is 7.50. The Morgan fingerprint density at radius 2 is 2.04 bits per heavy atom. The van der Waals surface area contributed by atoms with Crippen LogP contribution in [0.15, 0.2) is 24.3 Å². The first-order valence-electron chi connectivity index (χ1n) is 7.50. The van der Waals surface area contributed by atoms with Crippen molar-refractivity contribution in [2.75, 3.05) is 18.9 Å². The fraction of sp³-hybridized carbons (Fsp3) is 0.375. The van der Waals surface area contributed by atoms with Crippen LogP contribution in [-0.4, -0.2) is 45.1 Å². The van der Waals surface area contributed by atoms with Gasteiger partial charge in [0.05, 0.1) is 17.3 Å². The molecule has 1 atom stereocenters. The van der Waals surface area contributed by atoms with Gasteiger partial charge in [0.2, 0.25) is 11.8 Å². The molecule has 1 N–H and O–H groups in total. The zero-order chi connectivity index (χ0) is 16.6. The van der Waals surface area contributed by atoms with Gasteiger partial charge in [-0.3, -0.25) is 9.59 Å². The zero-order valence-corrected chi connectivity index (χ0v) is 13.4. The van der Waals surface area contributed by atoms with E-state index in [0.717, 1.165) is 11.5 Å². The molecule has 0 unspecified atom stereocenters. The number of amides is 2. The highest BCUT2D eigenvalue weighted by Crippen LogP contribution is 2.23. The van der Waals surface area contributed by atoms with Crippen molar-refractivity contribution in [3.05, 3.63) is 35.9 Å². The maximum absolute atomic E-state index is 12.4. The molecule has 1 aliphatic heterocycles. The number of nitrogens with one attached hydrogen (secondary N) is 1. The Morgan fingerprint density at radius 3 is 2.65 bits per heavy atom. The fourth-order valence-corrected chi connectivity index (χ4v) is 2.79. The minimum absolute atomic E-state index is 0.00109. The highest BCUT2D eigenvalue weighted by atomic mass is 16.2. The third kappa shape index (κ3) is 2.94. The maximum atomic E-state index is 12.4. The third-order valence-corrected chi connectivity index (χ3v) is 3.98. The Labute approximate surface area is 134 Å². The number of anilines is 1. The van der Waals surface area contributed by atoms with E-state index in [2.05, 4.69) is 15.4 Å². The summed E-state index contributed by atoms with van der Waals surface area (Å²) in [5, 5.41) is 7.28. The summed E-state index contributed by atoms with van der Waals surface area (Å²) >= 11 is 0. The van der Waals surface area contributed by atoms with E-state index in [4.69, 9.17) is 0 Å². The van der Waals surface area contributed by atoms with Crippen molar-refractivity contribution in [3.63, 3.8) is 0 Å².